The highest BCUT2D eigenvalue weighted by atomic mass is 35.5. The zero-order valence-corrected chi connectivity index (χ0v) is 17.2. The minimum Gasteiger partial charge on any atom is -0.422 e. The Morgan fingerprint density at radius 2 is 1.72 bits per heavy atom. The van der Waals surface area contributed by atoms with E-state index in [1.165, 1.54) is 22.7 Å². The van der Waals surface area contributed by atoms with E-state index in [-0.39, 0.29) is 11.6 Å². The second-order valence-corrected chi connectivity index (χ2v) is 8.13. The zero-order chi connectivity index (χ0) is 20.2. The second kappa shape index (κ2) is 8.57. The smallest absolute Gasteiger partial charge is 0.363 e. The lowest BCUT2D eigenvalue weighted by atomic mass is 10.2. The molecule has 144 valence electrons. The van der Waals surface area contributed by atoms with E-state index in [0.29, 0.717) is 26.3 Å². The first-order valence-electron chi connectivity index (χ1n) is 8.47. The highest BCUT2D eigenvalue weighted by molar-refractivity contribution is 7.13. The predicted molar refractivity (Wildman–Crippen MR) is 116 cm³/mol. The molecule has 0 radical (unpaired) electrons. The number of ether oxygens (including phenoxy) is 1. The molecule has 4 aromatic rings. The third-order valence-electron chi connectivity index (χ3n) is 3.87. The number of benzene rings is 2. The van der Waals surface area contributed by atoms with Gasteiger partial charge < -0.3 is 10.1 Å². The normalized spacial score (nSPS) is 10.5. The van der Waals surface area contributed by atoms with Crippen molar-refractivity contribution in [1.82, 2.24) is 4.98 Å². The molecule has 1 N–H and O–H groups in total. The van der Waals surface area contributed by atoms with Gasteiger partial charge in [0.2, 0.25) is 0 Å². The Hall–Kier alpha value is -3.00. The van der Waals surface area contributed by atoms with Crippen LogP contribution >= 0.6 is 34.3 Å². The summed E-state index contributed by atoms with van der Waals surface area (Å²) in [6.45, 7) is 0. The van der Waals surface area contributed by atoms with Crippen molar-refractivity contribution in [3.8, 4) is 16.3 Å². The first-order valence-corrected chi connectivity index (χ1v) is 10.6. The molecule has 0 unspecified atom stereocenters. The molecule has 0 atom stereocenters. The number of amides is 1. The molecule has 2 heterocycles. The largest absolute Gasteiger partial charge is 0.422 e. The first kappa shape index (κ1) is 19.3. The van der Waals surface area contributed by atoms with Gasteiger partial charge in [-0.05, 0) is 47.8 Å². The number of carbonyl (C=O) groups excluding carboxylic acids is 2. The first-order chi connectivity index (χ1) is 14.1. The number of rotatable bonds is 5. The number of halogens is 1. The van der Waals surface area contributed by atoms with Gasteiger partial charge in [0.05, 0.1) is 4.88 Å². The fraction of sp³-hybridized carbons (Fsp3) is 0. The van der Waals surface area contributed by atoms with Gasteiger partial charge in [-0.3, -0.25) is 4.79 Å². The number of thiazole rings is 1. The monoisotopic (exact) mass is 440 g/mol. The third kappa shape index (κ3) is 4.71. The Kier molecular flexibility index (Phi) is 5.71. The molecule has 8 heteroatoms. The quantitative estimate of drug-likeness (QED) is 0.305. The van der Waals surface area contributed by atoms with Crippen molar-refractivity contribution < 1.29 is 14.3 Å². The Balaban J connectivity index is 1.39. The summed E-state index contributed by atoms with van der Waals surface area (Å²) in [7, 11) is 0. The van der Waals surface area contributed by atoms with E-state index in [4.69, 9.17) is 16.3 Å². The van der Waals surface area contributed by atoms with Gasteiger partial charge in [0.1, 0.15) is 10.8 Å². The van der Waals surface area contributed by atoms with E-state index in [0.717, 1.165) is 5.56 Å². The second-order valence-electron chi connectivity index (χ2n) is 5.89. The van der Waals surface area contributed by atoms with Gasteiger partial charge in [-0.2, -0.15) is 0 Å². The minimum absolute atomic E-state index is 0.179. The molecular weight excluding hydrogens is 428 g/mol. The topological polar surface area (TPSA) is 68.3 Å². The van der Waals surface area contributed by atoms with E-state index in [9.17, 15) is 9.59 Å². The summed E-state index contributed by atoms with van der Waals surface area (Å²) in [4.78, 5) is 29.4. The van der Waals surface area contributed by atoms with Crippen LogP contribution in [0.4, 0.5) is 5.69 Å². The van der Waals surface area contributed by atoms with Crippen molar-refractivity contribution in [3.63, 3.8) is 0 Å². The molecule has 0 spiro atoms. The summed E-state index contributed by atoms with van der Waals surface area (Å²) in [5.41, 5.74) is 1.72. The maximum Gasteiger partial charge on any atom is 0.363 e. The highest BCUT2D eigenvalue weighted by Gasteiger charge is 2.14. The Morgan fingerprint density at radius 3 is 2.41 bits per heavy atom. The molecule has 0 aliphatic heterocycles. The number of hydrogen-bond donors (Lipinski definition) is 1. The molecule has 2 aromatic carbocycles. The number of esters is 1. The van der Waals surface area contributed by atoms with Crippen molar-refractivity contribution >= 4 is 51.8 Å². The molecule has 1 amide bonds. The van der Waals surface area contributed by atoms with Gasteiger partial charge in [0.25, 0.3) is 5.91 Å². The number of thiophene rings is 1. The van der Waals surface area contributed by atoms with Crippen molar-refractivity contribution in [1.29, 1.82) is 0 Å². The number of nitrogens with one attached hydrogen (secondary N) is 1. The SMILES string of the molecule is O=C(Oc1ccc(NC(=O)c2cccs2)cc1)c1csc(-c2ccc(Cl)cc2)n1. The molecule has 2 aromatic heterocycles. The Bertz CT molecular complexity index is 1140. The van der Waals surface area contributed by atoms with Crippen LogP contribution in [0.5, 0.6) is 5.75 Å². The van der Waals surface area contributed by atoms with Crippen LogP contribution in [0.3, 0.4) is 0 Å². The summed E-state index contributed by atoms with van der Waals surface area (Å²) in [5.74, 6) is -0.357. The van der Waals surface area contributed by atoms with E-state index >= 15 is 0 Å². The standard InChI is InChI=1S/C21H13ClN2O3S2/c22-14-5-3-13(4-6-14)20-24-17(12-29-20)21(26)27-16-9-7-15(8-10-16)23-19(25)18-2-1-11-28-18/h1-12H,(H,23,25). The summed E-state index contributed by atoms with van der Waals surface area (Å²) < 4.78 is 5.37. The molecule has 0 saturated carbocycles. The lowest BCUT2D eigenvalue weighted by molar-refractivity contribution is 0.0729. The molecule has 5 nitrogen and oxygen atoms in total. The van der Waals surface area contributed by atoms with Crippen LogP contribution in [-0.2, 0) is 0 Å². The number of nitrogens with zero attached hydrogens (tertiary/aromatic N) is 1. The van der Waals surface area contributed by atoms with Crippen LogP contribution in [0.25, 0.3) is 10.6 Å². The molecular formula is C21H13ClN2O3S2. The lowest BCUT2D eigenvalue weighted by Crippen LogP contribution is -2.11. The zero-order valence-electron chi connectivity index (χ0n) is 14.8. The summed E-state index contributed by atoms with van der Waals surface area (Å²) in [6.07, 6.45) is 0. The van der Waals surface area contributed by atoms with Crippen LogP contribution in [0.15, 0.2) is 71.4 Å². The number of hydrogen-bond acceptors (Lipinski definition) is 6. The average Bonchev–Trinajstić information content (AvgIpc) is 3.42. The summed E-state index contributed by atoms with van der Waals surface area (Å²) in [5, 5.41) is 7.64. The molecule has 0 aliphatic rings. The Morgan fingerprint density at radius 1 is 0.966 bits per heavy atom. The van der Waals surface area contributed by atoms with Gasteiger partial charge >= 0.3 is 5.97 Å². The Labute approximate surface area is 179 Å². The molecule has 4 rings (SSSR count). The molecule has 0 aliphatic carbocycles. The van der Waals surface area contributed by atoms with E-state index in [1.807, 2.05) is 23.6 Å². The lowest BCUT2D eigenvalue weighted by Gasteiger charge is -2.06. The van der Waals surface area contributed by atoms with E-state index in [1.54, 1.807) is 47.8 Å². The van der Waals surface area contributed by atoms with E-state index < -0.39 is 5.97 Å². The van der Waals surface area contributed by atoms with Gasteiger partial charge in [-0.1, -0.05) is 29.8 Å². The molecule has 29 heavy (non-hydrogen) atoms. The maximum atomic E-state index is 12.4. The number of aromatic nitrogens is 1. The van der Waals surface area contributed by atoms with Gasteiger partial charge in [-0.25, -0.2) is 9.78 Å². The van der Waals surface area contributed by atoms with Crippen LogP contribution in [0.2, 0.25) is 5.02 Å². The maximum absolute atomic E-state index is 12.4. The molecule has 0 fully saturated rings. The summed E-state index contributed by atoms with van der Waals surface area (Å²) in [6, 6.07) is 17.4. The summed E-state index contributed by atoms with van der Waals surface area (Å²) >= 11 is 8.62. The van der Waals surface area contributed by atoms with Crippen molar-refractivity contribution in [3.05, 3.63) is 87.0 Å². The van der Waals surface area contributed by atoms with Gasteiger partial charge in [0, 0.05) is 21.7 Å². The van der Waals surface area contributed by atoms with Crippen LogP contribution in [0.1, 0.15) is 20.2 Å². The third-order valence-corrected chi connectivity index (χ3v) is 5.88. The highest BCUT2D eigenvalue weighted by Crippen LogP contribution is 2.26. The fourth-order valence-electron chi connectivity index (χ4n) is 2.46. The van der Waals surface area contributed by atoms with Crippen molar-refractivity contribution in [2.75, 3.05) is 5.32 Å². The fourth-order valence-corrected chi connectivity index (χ4v) is 4.00. The molecule has 0 bridgehead atoms. The van der Waals surface area contributed by atoms with Crippen LogP contribution < -0.4 is 10.1 Å². The van der Waals surface area contributed by atoms with Crippen molar-refractivity contribution in [2.45, 2.75) is 0 Å². The van der Waals surface area contributed by atoms with Crippen molar-refractivity contribution in [2.24, 2.45) is 0 Å². The van der Waals surface area contributed by atoms with Gasteiger partial charge in [0.15, 0.2) is 5.69 Å². The average molecular weight is 441 g/mol. The van der Waals surface area contributed by atoms with Crippen LogP contribution in [-0.4, -0.2) is 16.9 Å². The van der Waals surface area contributed by atoms with Crippen LogP contribution in [0, 0.1) is 0 Å². The van der Waals surface area contributed by atoms with Gasteiger partial charge in [-0.15, -0.1) is 22.7 Å². The minimum atomic E-state index is -0.545. The number of carbonyl (C=O) groups is 2. The molecule has 0 saturated heterocycles. The predicted octanol–water partition coefficient (Wildman–Crippen LogP) is 6.00. The van der Waals surface area contributed by atoms with E-state index in [2.05, 4.69) is 10.3 Å². The number of anilines is 1.